The average molecular weight is 146 g/mol. The minimum Gasteiger partial charge on any atom is -0.251 e. The van der Waals surface area contributed by atoms with Crippen LogP contribution in [0.4, 0.5) is 13.3 Å². The molecule has 60 valence electrons. The highest BCUT2D eigenvalue weighted by Crippen LogP contribution is 1.49. The third-order valence-electron chi connectivity index (χ3n) is 0. The third kappa shape index (κ3) is 4100. The van der Waals surface area contributed by atoms with Gasteiger partial charge in [-0.15, -0.1) is 0 Å². The van der Waals surface area contributed by atoms with Crippen LogP contribution < -0.4 is 0 Å². The maximum absolute atomic E-state index is 10.3. The minimum absolute atomic E-state index is 0.250. The van der Waals surface area contributed by atoms with E-state index in [1.54, 1.807) is 0 Å². The summed E-state index contributed by atoms with van der Waals surface area (Å²) < 4.78 is 30.4. The fourth-order valence-corrected chi connectivity index (χ4v) is 0. The first-order chi connectivity index (χ1) is 4.24. The lowest BCUT2D eigenvalue weighted by molar-refractivity contribution is -0.0960. The number of alkyl halides is 2. The standard InChI is InChI=1S/2C2H5F.CH3FO/c2*1-2-3;1-3-2/h2*2H2,1H3;1H3. The van der Waals surface area contributed by atoms with Crippen LogP contribution in [-0.2, 0) is 4.94 Å². The lowest BCUT2D eigenvalue weighted by Crippen LogP contribution is -1.43. The van der Waals surface area contributed by atoms with Crippen LogP contribution in [0.1, 0.15) is 13.8 Å². The van der Waals surface area contributed by atoms with Gasteiger partial charge in [0, 0.05) is 0 Å². The van der Waals surface area contributed by atoms with Crippen LogP contribution in [0.3, 0.4) is 0 Å². The maximum atomic E-state index is 10.3. The molecule has 4 heteroatoms. The molecule has 0 amide bonds. The minimum atomic E-state index is -0.250. The Morgan fingerprint density at radius 1 is 1.11 bits per heavy atom. The van der Waals surface area contributed by atoms with Crippen LogP contribution in [0.25, 0.3) is 0 Å². The lowest BCUT2D eigenvalue weighted by atomic mass is 10.9. The van der Waals surface area contributed by atoms with Gasteiger partial charge in [0.2, 0.25) is 0 Å². The molecule has 0 radical (unpaired) electrons. The van der Waals surface area contributed by atoms with Gasteiger partial charge in [0.05, 0.1) is 20.5 Å². The van der Waals surface area contributed by atoms with Crippen LogP contribution in [0.5, 0.6) is 0 Å². The van der Waals surface area contributed by atoms with Crippen molar-refractivity contribution in [1.29, 1.82) is 0 Å². The van der Waals surface area contributed by atoms with E-state index in [0.29, 0.717) is 0 Å². The van der Waals surface area contributed by atoms with Crippen molar-refractivity contribution in [2.45, 2.75) is 13.8 Å². The van der Waals surface area contributed by atoms with E-state index in [4.69, 9.17) is 0 Å². The summed E-state index contributed by atoms with van der Waals surface area (Å²) in [5, 5.41) is 0. The quantitative estimate of drug-likeness (QED) is 0.510. The van der Waals surface area contributed by atoms with Crippen molar-refractivity contribution in [3.8, 4) is 0 Å². The van der Waals surface area contributed by atoms with Gasteiger partial charge in [-0.05, 0) is 18.4 Å². The number of halogens is 3. The van der Waals surface area contributed by atoms with Crippen molar-refractivity contribution >= 4 is 0 Å². The summed E-state index contributed by atoms with van der Waals surface area (Å²) >= 11 is 0. The second kappa shape index (κ2) is 46.7. The molecule has 9 heavy (non-hydrogen) atoms. The van der Waals surface area contributed by atoms with E-state index in [0.717, 1.165) is 7.11 Å². The zero-order valence-corrected chi connectivity index (χ0v) is 5.96. The van der Waals surface area contributed by atoms with Gasteiger partial charge in [0.25, 0.3) is 0 Å². The Labute approximate surface area is 53.7 Å². The molecule has 0 saturated carbocycles. The Hall–Kier alpha value is -0.250. The Morgan fingerprint density at radius 3 is 1.11 bits per heavy atom. The van der Waals surface area contributed by atoms with Crippen LogP contribution in [0, 0.1) is 0 Å². The van der Waals surface area contributed by atoms with Crippen LogP contribution in [0.2, 0.25) is 0 Å². The third-order valence-corrected chi connectivity index (χ3v) is 0. The van der Waals surface area contributed by atoms with E-state index >= 15 is 0 Å². The monoisotopic (exact) mass is 146 g/mol. The Bertz CT molecular complexity index is 16.9. The summed E-state index contributed by atoms with van der Waals surface area (Å²) in [6, 6.07) is 0. The van der Waals surface area contributed by atoms with Gasteiger partial charge < -0.3 is 0 Å². The zero-order chi connectivity index (χ0) is 8.12. The number of hydrogen-bond donors (Lipinski definition) is 0. The van der Waals surface area contributed by atoms with Crippen molar-refractivity contribution in [2.24, 2.45) is 0 Å². The molecule has 1 nitrogen and oxygen atoms in total. The van der Waals surface area contributed by atoms with Crippen molar-refractivity contribution in [2.75, 3.05) is 20.5 Å². The molecule has 0 aliphatic heterocycles. The van der Waals surface area contributed by atoms with Gasteiger partial charge in [-0.1, -0.05) is 0 Å². The first-order valence-electron chi connectivity index (χ1n) is 2.51. The summed E-state index contributed by atoms with van der Waals surface area (Å²) in [7, 11) is 0.958. The van der Waals surface area contributed by atoms with E-state index in [1.165, 1.54) is 13.8 Å². The fraction of sp³-hybridized carbons (Fsp3) is 1.00. The summed E-state index contributed by atoms with van der Waals surface area (Å²) in [6.45, 7) is 2.42. The molecular weight excluding hydrogens is 133 g/mol. The number of hydrogen-bond acceptors (Lipinski definition) is 1. The molecule has 0 aliphatic rings. The smallest absolute Gasteiger partial charge is 0.0866 e. The molecule has 0 atom stereocenters. The molecule has 0 aliphatic carbocycles. The van der Waals surface area contributed by atoms with Crippen molar-refractivity contribution < 1.29 is 18.2 Å². The van der Waals surface area contributed by atoms with Gasteiger partial charge in [-0.3, -0.25) is 8.78 Å². The second-order valence-corrected chi connectivity index (χ2v) is 0.689. The molecule has 0 heterocycles. The van der Waals surface area contributed by atoms with Gasteiger partial charge in [0.15, 0.2) is 0 Å². The van der Waals surface area contributed by atoms with Crippen molar-refractivity contribution in [3.63, 3.8) is 0 Å². The summed E-state index contributed by atoms with van der Waals surface area (Å²) in [4.78, 5) is 2.75. The maximum Gasteiger partial charge on any atom is 0.0866 e. The molecule has 0 rings (SSSR count). The molecule has 0 aromatic rings. The van der Waals surface area contributed by atoms with E-state index in [2.05, 4.69) is 4.94 Å². The van der Waals surface area contributed by atoms with Crippen LogP contribution in [0.15, 0.2) is 0 Å². The Morgan fingerprint density at radius 2 is 1.11 bits per heavy atom. The van der Waals surface area contributed by atoms with Gasteiger partial charge in [0.1, 0.15) is 0 Å². The molecule has 0 unspecified atom stereocenters. The largest absolute Gasteiger partial charge is 0.251 e. The topological polar surface area (TPSA) is 9.23 Å². The molecule has 0 fully saturated rings. The van der Waals surface area contributed by atoms with E-state index in [9.17, 15) is 13.3 Å². The zero-order valence-electron chi connectivity index (χ0n) is 5.96. The summed E-state index contributed by atoms with van der Waals surface area (Å²) in [6.07, 6.45) is 0. The molecule has 0 aromatic carbocycles. The lowest BCUT2D eigenvalue weighted by Gasteiger charge is -1.51. The highest BCUT2D eigenvalue weighted by atomic mass is 19.3. The Kier molecular flexibility index (Phi) is 82.5. The van der Waals surface area contributed by atoms with Crippen LogP contribution >= 0.6 is 0 Å². The number of rotatable bonds is 0. The molecule has 0 saturated heterocycles. The highest BCUT2D eigenvalue weighted by Gasteiger charge is 1.40. The van der Waals surface area contributed by atoms with E-state index in [1.807, 2.05) is 0 Å². The Balaban J connectivity index is -0.0000000600. The highest BCUT2D eigenvalue weighted by molar-refractivity contribution is 3.86. The van der Waals surface area contributed by atoms with Crippen molar-refractivity contribution in [3.05, 3.63) is 0 Å². The first-order valence-corrected chi connectivity index (χ1v) is 2.51. The molecule has 0 spiro atoms. The van der Waals surface area contributed by atoms with Gasteiger partial charge in [-0.2, -0.15) is 4.94 Å². The summed E-state index contributed by atoms with van der Waals surface area (Å²) in [5.74, 6) is 0. The van der Waals surface area contributed by atoms with E-state index < -0.39 is 0 Å². The SMILES string of the molecule is CCF.CCF.COF. The van der Waals surface area contributed by atoms with Gasteiger partial charge >= 0.3 is 0 Å². The van der Waals surface area contributed by atoms with Crippen molar-refractivity contribution in [1.82, 2.24) is 0 Å². The fourth-order valence-electron chi connectivity index (χ4n) is 0. The van der Waals surface area contributed by atoms with Gasteiger partial charge in [-0.25, -0.2) is 0 Å². The molecule has 0 aromatic heterocycles. The average Bonchev–Trinajstić information content (AvgIpc) is 1.70. The van der Waals surface area contributed by atoms with E-state index in [-0.39, 0.29) is 13.3 Å². The molecule has 0 bridgehead atoms. The predicted molar refractivity (Wildman–Crippen MR) is 31.4 cm³/mol. The summed E-state index contributed by atoms with van der Waals surface area (Å²) in [5.41, 5.74) is 0. The first kappa shape index (κ1) is 15.9. The predicted octanol–water partition coefficient (Wildman–Crippen LogP) is 2.47. The second-order valence-electron chi connectivity index (χ2n) is 0.689. The normalized spacial score (nSPS) is 6.00. The van der Waals surface area contributed by atoms with Crippen LogP contribution in [-0.4, -0.2) is 20.5 Å². The molecular formula is C5H13F3O. The molecule has 0 N–H and O–H groups in total.